The van der Waals surface area contributed by atoms with Crippen LogP contribution in [0.1, 0.15) is 59.5 Å². The number of para-hydroxylation sites is 1. The number of rotatable bonds is 22. The molecule has 0 saturated heterocycles. The van der Waals surface area contributed by atoms with E-state index in [1.165, 1.54) is 12.1 Å². The zero-order valence-electron chi connectivity index (χ0n) is 40.0. The van der Waals surface area contributed by atoms with E-state index >= 15 is 8.63 Å². The SMILES string of the molecule is CC(C)(C)C(NC(=O)c1nn(Cc2ccc(F)cc2)c2ccccc12)C(=O)NCCOCCOCCNC(=O)CNC(=O)COc1ccc(/C=C/c2ccc3n2[B-](F)(F)[N+]2=C(c4ccc[nH]4)C=CC2=C3)cc1. The van der Waals surface area contributed by atoms with Crippen LogP contribution >= 0.6 is 0 Å². The number of aromatic amines is 1. The second-order valence-corrected chi connectivity index (χ2v) is 18.1. The molecule has 5 heterocycles. The number of halogens is 3. The van der Waals surface area contributed by atoms with E-state index in [4.69, 9.17) is 14.2 Å². The van der Waals surface area contributed by atoms with E-state index in [0.29, 0.717) is 46.2 Å². The van der Waals surface area contributed by atoms with Crippen molar-refractivity contribution in [2.75, 3.05) is 52.7 Å². The molecule has 3 aromatic heterocycles. The van der Waals surface area contributed by atoms with E-state index in [-0.39, 0.29) is 70.1 Å². The van der Waals surface area contributed by atoms with Crippen LogP contribution in [0, 0.1) is 11.2 Å². The molecule has 16 nitrogen and oxygen atoms in total. The highest BCUT2D eigenvalue weighted by Gasteiger charge is 2.52. The first-order valence-corrected chi connectivity index (χ1v) is 23.5. The second-order valence-electron chi connectivity index (χ2n) is 18.1. The van der Waals surface area contributed by atoms with Crippen molar-refractivity contribution in [3.63, 3.8) is 0 Å². The smallest absolute Gasteiger partial charge is 0.484 e. The Bertz CT molecular complexity index is 3050. The molecule has 2 aliphatic rings. The Balaban J connectivity index is 0.680. The Labute approximate surface area is 413 Å². The Hall–Kier alpha value is -7.97. The quantitative estimate of drug-likeness (QED) is 0.0419. The number of carbonyl (C=O) groups is 4. The number of nitrogens with zero attached hydrogens (tertiary/aromatic N) is 4. The normalized spacial score (nSPS) is 14.2. The van der Waals surface area contributed by atoms with Crippen molar-refractivity contribution >= 4 is 65.4 Å². The number of fused-ring (bicyclic) bond motifs is 3. The van der Waals surface area contributed by atoms with Crippen LogP contribution in [0.5, 0.6) is 5.75 Å². The number of ether oxygens (including phenoxy) is 3. The van der Waals surface area contributed by atoms with Crippen molar-refractivity contribution < 1.29 is 50.9 Å². The largest absolute Gasteiger partial charge is 0.737 e. The van der Waals surface area contributed by atoms with Crippen molar-refractivity contribution in [3.8, 4) is 5.75 Å². The highest BCUT2D eigenvalue weighted by Crippen LogP contribution is 2.34. The van der Waals surface area contributed by atoms with Crippen LogP contribution in [-0.2, 0) is 30.4 Å². The predicted octanol–water partition coefficient (Wildman–Crippen LogP) is 5.78. The van der Waals surface area contributed by atoms with Gasteiger partial charge in [-0.3, -0.25) is 23.9 Å². The Morgan fingerprint density at radius 3 is 2.28 bits per heavy atom. The lowest BCUT2D eigenvalue weighted by Gasteiger charge is -2.30. The predicted molar refractivity (Wildman–Crippen MR) is 268 cm³/mol. The average Bonchev–Trinajstić information content (AvgIpc) is 4.20. The number of benzene rings is 3. The molecule has 3 aromatic carbocycles. The van der Waals surface area contributed by atoms with Crippen molar-refractivity contribution in [2.45, 2.75) is 33.4 Å². The Morgan fingerprint density at radius 2 is 1.56 bits per heavy atom. The minimum Gasteiger partial charge on any atom is -0.484 e. The third-order valence-corrected chi connectivity index (χ3v) is 11.9. The molecule has 5 N–H and O–H groups in total. The van der Waals surface area contributed by atoms with Gasteiger partial charge >= 0.3 is 6.97 Å². The number of aromatic nitrogens is 4. The fraction of sp³-hybridized carbons (Fsp3) is 0.269. The highest BCUT2D eigenvalue weighted by atomic mass is 19.2. The third-order valence-electron chi connectivity index (χ3n) is 11.9. The maximum Gasteiger partial charge on any atom is 0.737 e. The summed E-state index contributed by atoms with van der Waals surface area (Å²) in [6.07, 6.45) is 10.2. The van der Waals surface area contributed by atoms with Gasteiger partial charge in [-0.1, -0.05) is 69.3 Å². The summed E-state index contributed by atoms with van der Waals surface area (Å²) in [5.74, 6) is -1.74. The Kier molecular flexibility index (Phi) is 15.7. The van der Waals surface area contributed by atoms with Crippen LogP contribution < -0.4 is 26.0 Å². The standard InChI is InChI=1S/C52H55BF3N9O7/c1-52(2,3)49(61-50(68)48-42-7-4-5-9-44(42)63(62-48)33-36-10-15-37(54)16-11-36)51(69)59-26-28-71-30-29-70-27-25-58-46(66)32-60-47(67)34-72-41-21-13-35(14-22-41)12-17-38-18-19-39-31-40-20-23-45(43-8-6-24-57-43)65(40)53(55,56)64(38)39/h4-24,31,49,57H,25-30,32-34H2,1-3H3,(H,58,66)(H,59,69)(H,60,67)(H,61,68)/b17-12+. The van der Waals surface area contributed by atoms with E-state index in [2.05, 4.69) is 31.3 Å². The van der Waals surface area contributed by atoms with Gasteiger partial charge in [0.2, 0.25) is 11.8 Å². The molecule has 20 heteroatoms. The molecule has 0 spiro atoms. The minimum atomic E-state index is -4.18. The molecule has 72 heavy (non-hydrogen) atoms. The summed E-state index contributed by atoms with van der Waals surface area (Å²) >= 11 is 0. The molecule has 374 valence electrons. The molecule has 0 saturated carbocycles. The van der Waals surface area contributed by atoms with Crippen LogP contribution in [0.4, 0.5) is 13.0 Å². The van der Waals surface area contributed by atoms with E-state index in [1.807, 2.05) is 32.9 Å². The lowest BCUT2D eigenvalue weighted by atomic mass is 9.86. The summed E-state index contributed by atoms with van der Waals surface area (Å²) < 4.78 is 66.2. The van der Waals surface area contributed by atoms with Crippen LogP contribution in [-0.4, -0.2) is 119 Å². The fourth-order valence-electron chi connectivity index (χ4n) is 8.28. The third kappa shape index (κ3) is 12.1. The zero-order valence-corrected chi connectivity index (χ0v) is 40.0. The van der Waals surface area contributed by atoms with Gasteiger partial charge in [-0.2, -0.15) is 5.10 Å². The first-order valence-electron chi connectivity index (χ1n) is 23.5. The molecule has 0 fully saturated rings. The molecule has 6 aromatic rings. The number of amides is 4. The lowest BCUT2D eigenvalue weighted by Crippen LogP contribution is -2.54. The molecular weight excluding hydrogens is 930 g/mol. The number of hydrogen-bond donors (Lipinski definition) is 5. The Morgan fingerprint density at radius 1 is 0.819 bits per heavy atom. The van der Waals surface area contributed by atoms with Crippen molar-refractivity contribution in [3.05, 3.63) is 161 Å². The van der Waals surface area contributed by atoms with Crippen LogP contribution in [0.3, 0.4) is 0 Å². The topological polar surface area (TPSA) is 186 Å². The number of hydrogen-bond acceptors (Lipinski definition) is 8. The maximum absolute atomic E-state index is 16.1. The summed E-state index contributed by atoms with van der Waals surface area (Å²) in [5, 5.41) is 16.1. The van der Waals surface area contributed by atoms with Gasteiger partial charge in [0.15, 0.2) is 23.7 Å². The molecule has 1 unspecified atom stereocenters. The lowest BCUT2D eigenvalue weighted by molar-refractivity contribution is -0.360. The van der Waals surface area contributed by atoms with Gasteiger partial charge in [0.05, 0.1) is 45.0 Å². The van der Waals surface area contributed by atoms with Crippen LogP contribution in [0.25, 0.3) is 29.1 Å². The fourth-order valence-corrected chi connectivity index (χ4v) is 8.28. The summed E-state index contributed by atoms with van der Waals surface area (Å²) in [6, 6.07) is 26.1. The van der Waals surface area contributed by atoms with E-state index in [1.54, 1.807) is 114 Å². The molecule has 0 bridgehead atoms. The van der Waals surface area contributed by atoms with Gasteiger partial charge in [-0.05, 0) is 77.2 Å². The summed E-state index contributed by atoms with van der Waals surface area (Å²) in [7, 11) is 0. The van der Waals surface area contributed by atoms with E-state index in [0.717, 1.165) is 25.6 Å². The number of carbonyl (C=O) groups excluding carboxylic acids is 4. The van der Waals surface area contributed by atoms with Gasteiger partial charge in [-0.15, -0.1) is 0 Å². The molecular formula is C52H55BF3N9O7. The monoisotopic (exact) mass is 985 g/mol. The summed E-state index contributed by atoms with van der Waals surface area (Å²) in [4.78, 5) is 54.6. The molecule has 0 aliphatic carbocycles. The van der Waals surface area contributed by atoms with Crippen LogP contribution in [0.15, 0.2) is 121 Å². The minimum absolute atomic E-state index is 0.172. The number of allylic oxidation sites excluding steroid dienone is 2. The molecule has 2 aliphatic heterocycles. The van der Waals surface area contributed by atoms with Crippen LogP contribution in [0.2, 0.25) is 0 Å². The zero-order chi connectivity index (χ0) is 50.8. The second kappa shape index (κ2) is 22.4. The van der Waals surface area contributed by atoms with E-state index in [9.17, 15) is 23.6 Å². The summed E-state index contributed by atoms with van der Waals surface area (Å²) in [6.45, 7) is 2.33. The molecule has 1 atom stereocenters. The van der Waals surface area contributed by atoms with Crippen molar-refractivity contribution in [1.29, 1.82) is 0 Å². The van der Waals surface area contributed by atoms with Crippen molar-refractivity contribution in [2.24, 2.45) is 5.41 Å². The first kappa shape index (κ1) is 50.4. The molecule has 8 rings (SSSR count). The summed E-state index contributed by atoms with van der Waals surface area (Å²) in [5.41, 5.74) is 3.97. The van der Waals surface area contributed by atoms with Gasteiger partial charge in [-0.25, -0.2) is 4.39 Å². The van der Waals surface area contributed by atoms with Gasteiger partial charge in [0.25, 0.3) is 11.8 Å². The average molecular weight is 986 g/mol. The number of H-pyrrole nitrogens is 1. The van der Waals surface area contributed by atoms with Gasteiger partial charge in [0, 0.05) is 54.3 Å². The molecule has 0 radical (unpaired) electrons. The van der Waals surface area contributed by atoms with Gasteiger partial charge < -0.3 is 58.1 Å². The molecule has 4 amide bonds. The van der Waals surface area contributed by atoms with E-state index < -0.39 is 36.1 Å². The first-order chi connectivity index (χ1) is 34.7. The maximum atomic E-state index is 16.1. The number of nitrogens with one attached hydrogen (secondary N) is 5. The van der Waals surface area contributed by atoms with Crippen molar-refractivity contribution in [1.82, 2.24) is 40.5 Å². The van der Waals surface area contributed by atoms with Gasteiger partial charge in [0.1, 0.15) is 23.3 Å². The highest BCUT2D eigenvalue weighted by molar-refractivity contribution is 6.58.